The van der Waals surface area contributed by atoms with Crippen molar-refractivity contribution in [3.63, 3.8) is 0 Å². The van der Waals surface area contributed by atoms with E-state index in [0.717, 1.165) is 18.8 Å². The van der Waals surface area contributed by atoms with Crippen molar-refractivity contribution in [1.82, 2.24) is 0 Å². The third-order valence-electron chi connectivity index (χ3n) is 7.79. The standard InChI is InChI=1S/C33H46O.C10H22/c1-9-14-26(2)17-12-18-27(3)15-10-11-16-28(4)19-13-20-29(5)21-22-32-30(6)23-31(25-34)24-33(32,7)8;1-6-7-9(2)8-10(3,4)5/h9-22,31,34H,23-25H2,1-8H3;9H,6-8H2,1-5H3/b11-10+,14-9+,18-12+,19-13+,22-21+,26-17+,27-15+,28-16+,29-20+;. The van der Waals surface area contributed by atoms with Gasteiger partial charge in [0.15, 0.2) is 0 Å². The third-order valence-corrected chi connectivity index (χ3v) is 7.79. The summed E-state index contributed by atoms with van der Waals surface area (Å²) in [7, 11) is 0. The van der Waals surface area contributed by atoms with Gasteiger partial charge in [-0.25, -0.2) is 0 Å². The van der Waals surface area contributed by atoms with Gasteiger partial charge in [0.05, 0.1) is 0 Å². The number of hydrogen-bond acceptors (Lipinski definition) is 1. The monoisotopic (exact) mass is 601 g/mol. The van der Waals surface area contributed by atoms with E-state index in [4.69, 9.17) is 0 Å². The molecular weight excluding hydrogens is 532 g/mol. The molecule has 0 aromatic heterocycles. The molecule has 0 aromatic rings. The van der Waals surface area contributed by atoms with Crippen LogP contribution in [0.3, 0.4) is 0 Å². The molecule has 44 heavy (non-hydrogen) atoms. The second kappa shape index (κ2) is 22.0. The van der Waals surface area contributed by atoms with Gasteiger partial charge in [-0.1, -0.05) is 174 Å². The average molecular weight is 601 g/mol. The van der Waals surface area contributed by atoms with Crippen molar-refractivity contribution in [3.05, 3.63) is 119 Å². The molecule has 1 N–H and O–H groups in total. The van der Waals surface area contributed by atoms with Gasteiger partial charge < -0.3 is 5.11 Å². The molecular formula is C43H68O. The molecule has 246 valence electrons. The van der Waals surface area contributed by atoms with Gasteiger partial charge in [0.2, 0.25) is 0 Å². The van der Waals surface area contributed by atoms with Gasteiger partial charge in [-0.2, -0.15) is 0 Å². The summed E-state index contributed by atoms with van der Waals surface area (Å²) in [5.41, 5.74) is 8.34. The molecule has 1 aliphatic carbocycles. The molecule has 1 nitrogen and oxygen atoms in total. The molecule has 0 spiro atoms. The van der Waals surface area contributed by atoms with E-state index in [1.807, 2.05) is 13.0 Å². The molecule has 2 atom stereocenters. The van der Waals surface area contributed by atoms with Crippen LogP contribution < -0.4 is 0 Å². The lowest BCUT2D eigenvalue weighted by Crippen LogP contribution is -2.27. The molecule has 0 saturated heterocycles. The zero-order valence-electron chi connectivity index (χ0n) is 30.9. The quantitative estimate of drug-likeness (QED) is 0.208. The first-order valence-corrected chi connectivity index (χ1v) is 16.9. The van der Waals surface area contributed by atoms with Crippen LogP contribution in [0.4, 0.5) is 0 Å². The van der Waals surface area contributed by atoms with Crippen LogP contribution in [0.15, 0.2) is 119 Å². The maximum atomic E-state index is 9.57. The maximum Gasteiger partial charge on any atom is 0.0462 e. The first-order chi connectivity index (χ1) is 20.5. The molecule has 0 saturated carbocycles. The van der Waals surface area contributed by atoms with Gasteiger partial charge in [0.25, 0.3) is 0 Å². The summed E-state index contributed by atoms with van der Waals surface area (Å²) < 4.78 is 0. The number of aliphatic hydroxyl groups is 1. The maximum absolute atomic E-state index is 9.57. The highest BCUT2D eigenvalue weighted by atomic mass is 16.3. The zero-order valence-corrected chi connectivity index (χ0v) is 30.9. The van der Waals surface area contributed by atoms with Crippen LogP contribution in [0.5, 0.6) is 0 Å². The van der Waals surface area contributed by atoms with Crippen molar-refractivity contribution >= 4 is 0 Å². The van der Waals surface area contributed by atoms with Gasteiger partial charge in [0, 0.05) is 6.61 Å². The molecule has 0 amide bonds. The minimum atomic E-state index is 0.110. The largest absolute Gasteiger partial charge is 0.396 e. The Morgan fingerprint density at radius 2 is 1.32 bits per heavy atom. The molecule has 0 heterocycles. The Labute approximate surface area is 274 Å². The van der Waals surface area contributed by atoms with Crippen LogP contribution in [0.25, 0.3) is 0 Å². The highest BCUT2D eigenvalue weighted by Gasteiger charge is 2.31. The Hall–Kier alpha value is -2.64. The molecule has 1 aliphatic rings. The van der Waals surface area contributed by atoms with Gasteiger partial charge in [0.1, 0.15) is 0 Å². The summed E-state index contributed by atoms with van der Waals surface area (Å²) in [5.74, 6) is 1.30. The van der Waals surface area contributed by atoms with Crippen molar-refractivity contribution in [2.45, 2.75) is 122 Å². The predicted molar refractivity (Wildman–Crippen MR) is 201 cm³/mol. The summed E-state index contributed by atoms with van der Waals surface area (Å²) in [5, 5.41) is 9.57. The van der Waals surface area contributed by atoms with E-state index in [9.17, 15) is 5.11 Å². The lowest BCUT2D eigenvalue weighted by atomic mass is 9.68. The Morgan fingerprint density at radius 1 is 0.841 bits per heavy atom. The highest BCUT2D eigenvalue weighted by Crippen LogP contribution is 2.43. The lowest BCUT2D eigenvalue weighted by molar-refractivity contribution is 0.174. The second-order valence-electron chi connectivity index (χ2n) is 14.8. The summed E-state index contributed by atoms with van der Waals surface area (Å²) in [6.07, 6.45) is 35.8. The van der Waals surface area contributed by atoms with Crippen molar-refractivity contribution in [3.8, 4) is 0 Å². The molecule has 0 aromatic carbocycles. The van der Waals surface area contributed by atoms with Crippen molar-refractivity contribution in [2.75, 3.05) is 6.61 Å². The van der Waals surface area contributed by atoms with E-state index in [2.05, 4.69) is 162 Å². The summed E-state index contributed by atoms with van der Waals surface area (Å²) >= 11 is 0. The topological polar surface area (TPSA) is 20.2 Å². The molecule has 1 heteroatoms. The first kappa shape index (κ1) is 41.4. The molecule has 0 aliphatic heterocycles. The average Bonchev–Trinajstić information content (AvgIpc) is 2.89. The van der Waals surface area contributed by atoms with Crippen LogP contribution in [0.1, 0.15) is 122 Å². The number of rotatable bonds is 13. The summed E-state index contributed by atoms with van der Waals surface area (Å²) in [6.45, 7) is 29.1. The van der Waals surface area contributed by atoms with Gasteiger partial charge in [-0.15, -0.1) is 0 Å². The van der Waals surface area contributed by atoms with Gasteiger partial charge in [-0.3, -0.25) is 0 Å². The van der Waals surface area contributed by atoms with Crippen LogP contribution in [0.2, 0.25) is 0 Å². The van der Waals surface area contributed by atoms with E-state index >= 15 is 0 Å². The Morgan fingerprint density at radius 3 is 1.75 bits per heavy atom. The molecule has 0 fully saturated rings. The van der Waals surface area contributed by atoms with Crippen LogP contribution in [-0.2, 0) is 0 Å². The van der Waals surface area contributed by atoms with E-state index in [-0.39, 0.29) is 12.0 Å². The SMILES string of the molecule is C/C=C/C(C)=C/C=C/C(C)=C/C=C/C=C(C)/C=C/C=C(C)/C=C/C1=C(C)CC(CO)CC1(C)C.CCCC(C)CC(C)(C)C. The predicted octanol–water partition coefficient (Wildman–Crippen LogP) is 13.2. The zero-order chi connectivity index (χ0) is 33.8. The van der Waals surface area contributed by atoms with Gasteiger partial charge in [-0.05, 0) is 89.0 Å². The Kier molecular flexibility index (Phi) is 20.6. The lowest BCUT2D eigenvalue weighted by Gasteiger charge is -2.37. The van der Waals surface area contributed by atoms with E-state index in [0.29, 0.717) is 11.3 Å². The minimum absolute atomic E-state index is 0.110. The number of aliphatic hydroxyl groups excluding tert-OH is 1. The summed E-state index contributed by atoms with van der Waals surface area (Å²) in [6, 6.07) is 0. The highest BCUT2D eigenvalue weighted by molar-refractivity contribution is 5.38. The first-order valence-electron chi connectivity index (χ1n) is 16.9. The fraction of sp³-hybridized carbons (Fsp3) is 0.535. The fourth-order valence-corrected chi connectivity index (χ4v) is 5.98. The number of hydrogen-bond donors (Lipinski definition) is 1. The van der Waals surface area contributed by atoms with Crippen molar-refractivity contribution in [1.29, 1.82) is 0 Å². The molecule has 1 rings (SSSR count). The van der Waals surface area contributed by atoms with Crippen molar-refractivity contribution < 1.29 is 5.11 Å². The normalized spacial score (nSPS) is 20.1. The second-order valence-corrected chi connectivity index (χ2v) is 14.8. The third kappa shape index (κ3) is 20.3. The molecule has 0 radical (unpaired) electrons. The van der Waals surface area contributed by atoms with Crippen LogP contribution in [-0.4, -0.2) is 11.7 Å². The van der Waals surface area contributed by atoms with E-state index in [1.54, 1.807) is 0 Å². The fourth-order valence-electron chi connectivity index (χ4n) is 5.98. The minimum Gasteiger partial charge on any atom is -0.396 e. The molecule has 0 bridgehead atoms. The summed E-state index contributed by atoms with van der Waals surface area (Å²) in [4.78, 5) is 0. The van der Waals surface area contributed by atoms with Crippen LogP contribution in [0, 0.1) is 22.7 Å². The Bertz CT molecular complexity index is 1140. The Balaban J connectivity index is 0.00000158. The smallest absolute Gasteiger partial charge is 0.0462 e. The van der Waals surface area contributed by atoms with E-state index < -0.39 is 0 Å². The van der Waals surface area contributed by atoms with Gasteiger partial charge >= 0.3 is 0 Å². The van der Waals surface area contributed by atoms with E-state index in [1.165, 1.54) is 52.7 Å². The molecule has 2 unspecified atom stereocenters. The van der Waals surface area contributed by atoms with Crippen molar-refractivity contribution in [2.24, 2.45) is 22.7 Å². The number of allylic oxidation sites excluding steroid dienone is 20. The van der Waals surface area contributed by atoms with Crippen LogP contribution >= 0.6 is 0 Å².